The van der Waals surface area contributed by atoms with E-state index in [1.807, 2.05) is 72.8 Å². The van der Waals surface area contributed by atoms with Crippen LogP contribution in [0.2, 0.25) is 0 Å². The van der Waals surface area contributed by atoms with Crippen molar-refractivity contribution in [2.75, 3.05) is 23.3 Å². The second-order valence-electron chi connectivity index (χ2n) is 9.79. The van der Waals surface area contributed by atoms with Gasteiger partial charge < -0.3 is 15.6 Å². The van der Waals surface area contributed by atoms with Gasteiger partial charge in [-0.1, -0.05) is 48.5 Å². The van der Waals surface area contributed by atoms with Crippen LogP contribution in [-0.4, -0.2) is 29.5 Å². The summed E-state index contributed by atoms with van der Waals surface area (Å²) in [6, 6.07) is 33.6. The molecule has 39 heavy (non-hydrogen) atoms. The van der Waals surface area contributed by atoms with E-state index >= 15 is 0 Å². The van der Waals surface area contributed by atoms with Crippen LogP contribution in [0, 0.1) is 0 Å². The van der Waals surface area contributed by atoms with Gasteiger partial charge in [0.05, 0.1) is 16.7 Å². The normalized spacial score (nSPS) is 13.1. The fraction of sp³-hybridized carbons (Fsp3) is 0.0909. The van der Waals surface area contributed by atoms with Gasteiger partial charge in [-0.25, -0.2) is 4.90 Å². The fourth-order valence-electron chi connectivity index (χ4n) is 5.76. The molecule has 0 saturated heterocycles. The summed E-state index contributed by atoms with van der Waals surface area (Å²) >= 11 is 0. The second kappa shape index (κ2) is 9.11. The summed E-state index contributed by atoms with van der Waals surface area (Å²) in [4.78, 5) is 28.7. The number of hydrogen-bond donors (Lipinski definition) is 2. The van der Waals surface area contributed by atoms with E-state index in [9.17, 15) is 9.59 Å². The third-order valence-corrected chi connectivity index (χ3v) is 7.55. The third-order valence-electron chi connectivity index (χ3n) is 7.55. The zero-order valence-corrected chi connectivity index (χ0v) is 21.2. The van der Waals surface area contributed by atoms with Gasteiger partial charge in [0.15, 0.2) is 0 Å². The van der Waals surface area contributed by atoms with Gasteiger partial charge in [-0.15, -0.1) is 0 Å². The molecule has 0 aliphatic carbocycles. The zero-order valence-electron chi connectivity index (χ0n) is 21.2. The molecule has 0 spiro atoms. The van der Waals surface area contributed by atoms with Crippen LogP contribution in [0.25, 0.3) is 38.3 Å². The molecule has 0 fully saturated rings. The number of aromatic nitrogens is 1. The Morgan fingerprint density at radius 2 is 1.21 bits per heavy atom. The number of anilines is 2. The Hall–Kier alpha value is -4.94. The minimum atomic E-state index is -0.318. The van der Waals surface area contributed by atoms with E-state index in [1.54, 1.807) is 6.07 Å². The molecule has 0 atom stereocenters. The molecule has 1 aliphatic heterocycles. The molecule has 2 heterocycles. The summed E-state index contributed by atoms with van der Waals surface area (Å²) in [6.07, 6.45) is 0.833. The lowest BCUT2D eigenvalue weighted by molar-refractivity contribution is 0.0893. The number of para-hydroxylation sites is 2. The highest BCUT2D eigenvalue weighted by Crippen LogP contribution is 2.37. The van der Waals surface area contributed by atoms with Crippen molar-refractivity contribution in [3.8, 4) is 5.69 Å². The maximum atomic E-state index is 13.7. The number of imide groups is 1. The van der Waals surface area contributed by atoms with E-state index in [2.05, 4.69) is 34.1 Å². The van der Waals surface area contributed by atoms with Gasteiger partial charge in [-0.3, -0.25) is 9.59 Å². The van der Waals surface area contributed by atoms with Gasteiger partial charge >= 0.3 is 0 Å². The van der Waals surface area contributed by atoms with Crippen molar-refractivity contribution >= 4 is 55.8 Å². The Balaban J connectivity index is 1.29. The highest BCUT2D eigenvalue weighted by molar-refractivity contribution is 6.36. The zero-order chi connectivity index (χ0) is 26.5. The van der Waals surface area contributed by atoms with Gasteiger partial charge in [-0.05, 0) is 67.6 Å². The number of amides is 2. The van der Waals surface area contributed by atoms with Gasteiger partial charge in [0, 0.05) is 50.6 Å². The Kier molecular flexibility index (Phi) is 5.42. The number of fused-ring (bicyclic) bond motifs is 3. The number of carbonyl (C=O) groups excluding carboxylic acids is 2. The number of rotatable bonds is 6. The smallest absolute Gasteiger partial charge is 0.265 e. The average Bonchev–Trinajstić information content (AvgIpc) is 3.31. The van der Waals surface area contributed by atoms with Crippen molar-refractivity contribution in [1.29, 1.82) is 0 Å². The topological polar surface area (TPSA) is 80.4 Å². The molecule has 7 rings (SSSR count). The molecule has 0 bridgehead atoms. The fourth-order valence-corrected chi connectivity index (χ4v) is 5.76. The first-order chi connectivity index (χ1) is 19.2. The molecule has 5 aromatic carbocycles. The van der Waals surface area contributed by atoms with Gasteiger partial charge in [-0.2, -0.15) is 0 Å². The molecule has 0 radical (unpaired) electrons. The molecule has 0 unspecified atom stereocenters. The highest BCUT2D eigenvalue weighted by Gasteiger charge is 2.34. The molecule has 190 valence electrons. The monoisotopic (exact) mass is 510 g/mol. The number of nitrogens with two attached hydrogens (primary N) is 1. The summed E-state index contributed by atoms with van der Waals surface area (Å²) in [5, 5.41) is 7.31. The Morgan fingerprint density at radius 3 is 1.87 bits per heavy atom. The summed E-state index contributed by atoms with van der Waals surface area (Å²) in [5.74, 6) is -0.636. The maximum Gasteiger partial charge on any atom is 0.265 e. The van der Waals surface area contributed by atoms with Crippen LogP contribution in [0.1, 0.15) is 27.1 Å². The summed E-state index contributed by atoms with van der Waals surface area (Å²) in [6.45, 7) is 1.32. The molecule has 2 amide bonds. The van der Waals surface area contributed by atoms with Crippen molar-refractivity contribution in [2.45, 2.75) is 6.42 Å². The van der Waals surface area contributed by atoms with E-state index in [1.165, 1.54) is 15.7 Å². The van der Waals surface area contributed by atoms with E-state index < -0.39 is 0 Å². The van der Waals surface area contributed by atoms with E-state index in [-0.39, 0.29) is 11.8 Å². The van der Waals surface area contributed by atoms with Crippen molar-refractivity contribution < 1.29 is 9.59 Å². The van der Waals surface area contributed by atoms with Crippen LogP contribution in [0.3, 0.4) is 0 Å². The Bertz CT molecular complexity index is 1850. The predicted octanol–water partition coefficient (Wildman–Crippen LogP) is 6.50. The first-order valence-corrected chi connectivity index (χ1v) is 13.1. The van der Waals surface area contributed by atoms with Gasteiger partial charge in [0.1, 0.15) is 0 Å². The molecule has 6 aromatic rings. The highest BCUT2D eigenvalue weighted by atomic mass is 16.2. The maximum absolute atomic E-state index is 13.7. The SMILES string of the molecule is NCCCNc1ccc2c3c(cccc13)C(=O)N(c1ccc(-n3c4ccccc4c4ccccc43)cc1)C2=O. The molecule has 0 saturated carbocycles. The van der Waals surface area contributed by atoms with E-state index in [4.69, 9.17) is 5.73 Å². The van der Waals surface area contributed by atoms with Crippen LogP contribution in [0.4, 0.5) is 11.4 Å². The Morgan fingerprint density at radius 1 is 0.615 bits per heavy atom. The van der Waals surface area contributed by atoms with E-state index in [0.29, 0.717) is 28.7 Å². The molecule has 6 nitrogen and oxygen atoms in total. The lowest BCUT2D eigenvalue weighted by Gasteiger charge is -2.28. The molecule has 1 aliphatic rings. The first-order valence-electron chi connectivity index (χ1n) is 13.1. The van der Waals surface area contributed by atoms with Crippen molar-refractivity contribution in [2.24, 2.45) is 5.73 Å². The predicted molar refractivity (Wildman–Crippen MR) is 158 cm³/mol. The van der Waals surface area contributed by atoms with E-state index in [0.717, 1.165) is 40.8 Å². The third kappa shape index (κ3) is 3.53. The number of carbonyl (C=O) groups is 2. The van der Waals surface area contributed by atoms with Crippen molar-refractivity contribution in [3.05, 3.63) is 114 Å². The molecule has 6 heteroatoms. The lowest BCUT2D eigenvalue weighted by atomic mass is 9.92. The number of nitrogens with zero attached hydrogens (tertiary/aromatic N) is 2. The average molecular weight is 511 g/mol. The van der Waals surface area contributed by atoms with Crippen LogP contribution in [-0.2, 0) is 0 Å². The molecule has 3 N–H and O–H groups in total. The lowest BCUT2D eigenvalue weighted by Crippen LogP contribution is -2.40. The molecule has 1 aromatic heterocycles. The molecular formula is C33H26N4O2. The summed E-state index contributed by atoms with van der Waals surface area (Å²) < 4.78 is 2.21. The summed E-state index contributed by atoms with van der Waals surface area (Å²) in [5.41, 5.74) is 11.3. The minimum Gasteiger partial charge on any atom is -0.384 e. The van der Waals surface area contributed by atoms with Crippen LogP contribution in [0.5, 0.6) is 0 Å². The largest absolute Gasteiger partial charge is 0.384 e. The first kappa shape index (κ1) is 23.2. The quantitative estimate of drug-likeness (QED) is 0.198. The van der Waals surface area contributed by atoms with Crippen molar-refractivity contribution in [3.63, 3.8) is 0 Å². The molecular weight excluding hydrogens is 484 g/mol. The number of benzene rings is 5. The van der Waals surface area contributed by atoms with Crippen LogP contribution < -0.4 is 16.0 Å². The standard InChI is InChI=1S/C33H26N4O2/c34-19-6-20-35-28-18-17-27-31-25(28)9-5-10-26(31)32(38)37(33(27)39)22-15-13-21(14-16-22)36-29-11-3-1-7-23(29)24-8-2-4-12-30(24)36/h1-5,7-18,35H,6,19-20,34H2. The second-order valence-corrected chi connectivity index (χ2v) is 9.79. The van der Waals surface area contributed by atoms with Crippen molar-refractivity contribution in [1.82, 2.24) is 4.57 Å². The van der Waals surface area contributed by atoms with Crippen LogP contribution >= 0.6 is 0 Å². The minimum absolute atomic E-state index is 0.318. The van der Waals surface area contributed by atoms with Gasteiger partial charge in [0.2, 0.25) is 0 Å². The van der Waals surface area contributed by atoms with Gasteiger partial charge in [0.25, 0.3) is 11.8 Å². The number of hydrogen-bond acceptors (Lipinski definition) is 4. The number of nitrogens with one attached hydrogen (secondary N) is 1. The summed E-state index contributed by atoms with van der Waals surface area (Å²) in [7, 11) is 0. The van der Waals surface area contributed by atoms with Crippen LogP contribution in [0.15, 0.2) is 103 Å². The Labute approximate surface area is 225 Å².